The Balaban J connectivity index is 1.78. The fourth-order valence-electron chi connectivity index (χ4n) is 2.30. The predicted octanol–water partition coefficient (Wildman–Crippen LogP) is 1.36. The third-order valence-electron chi connectivity index (χ3n) is 3.43. The van der Waals surface area contributed by atoms with Crippen LogP contribution in [0.5, 0.6) is 5.75 Å². The predicted molar refractivity (Wildman–Crippen MR) is 73.1 cm³/mol. The number of aliphatic hydroxyl groups excluding tert-OH is 1. The second-order valence-corrected chi connectivity index (χ2v) is 4.95. The van der Waals surface area contributed by atoms with Crippen LogP contribution < -0.4 is 10.1 Å². The van der Waals surface area contributed by atoms with Gasteiger partial charge >= 0.3 is 0 Å². The standard InChI is InChI=1S/C15H18N2O3/c16-9-11-5-7-12(8-6-11)20-10-15(19)17-13-3-1-2-4-14(13)18/h5-8,13-14,18H,1-4,10H2,(H,17,19)/t13-,14-/m1/s1. The molecule has 2 atom stereocenters. The maximum atomic E-state index is 11.8. The summed E-state index contributed by atoms with van der Waals surface area (Å²) in [4.78, 5) is 11.8. The van der Waals surface area contributed by atoms with Crippen molar-refractivity contribution in [1.29, 1.82) is 5.26 Å². The van der Waals surface area contributed by atoms with E-state index >= 15 is 0 Å². The number of benzene rings is 1. The maximum absolute atomic E-state index is 11.8. The van der Waals surface area contributed by atoms with Crippen LogP contribution >= 0.6 is 0 Å². The molecule has 1 aliphatic carbocycles. The first kappa shape index (κ1) is 14.4. The number of hydrogen-bond acceptors (Lipinski definition) is 4. The average molecular weight is 274 g/mol. The topological polar surface area (TPSA) is 82.3 Å². The van der Waals surface area contributed by atoms with E-state index in [1.54, 1.807) is 24.3 Å². The molecule has 2 rings (SSSR count). The monoisotopic (exact) mass is 274 g/mol. The van der Waals surface area contributed by atoms with Crippen LogP contribution in [0, 0.1) is 11.3 Å². The van der Waals surface area contributed by atoms with Crippen molar-refractivity contribution in [2.24, 2.45) is 0 Å². The minimum Gasteiger partial charge on any atom is -0.484 e. The molecule has 1 aliphatic rings. The van der Waals surface area contributed by atoms with Crippen LogP contribution in [0.15, 0.2) is 24.3 Å². The van der Waals surface area contributed by atoms with Crippen LogP contribution in [0.25, 0.3) is 0 Å². The summed E-state index contributed by atoms with van der Waals surface area (Å²) < 4.78 is 5.34. The van der Waals surface area contributed by atoms with Crippen molar-refractivity contribution in [2.75, 3.05) is 6.61 Å². The molecule has 0 heterocycles. The van der Waals surface area contributed by atoms with Gasteiger partial charge in [0.15, 0.2) is 6.61 Å². The lowest BCUT2D eigenvalue weighted by atomic mass is 9.92. The highest BCUT2D eigenvalue weighted by atomic mass is 16.5. The number of nitriles is 1. The van der Waals surface area contributed by atoms with E-state index in [9.17, 15) is 9.90 Å². The first-order valence-corrected chi connectivity index (χ1v) is 6.79. The number of aliphatic hydroxyl groups is 1. The first-order chi connectivity index (χ1) is 9.69. The molecule has 1 aromatic rings. The van der Waals surface area contributed by atoms with Crippen LogP contribution in [-0.4, -0.2) is 29.8 Å². The molecule has 1 fully saturated rings. The van der Waals surface area contributed by atoms with Crippen molar-refractivity contribution in [3.05, 3.63) is 29.8 Å². The highest BCUT2D eigenvalue weighted by molar-refractivity contribution is 5.77. The number of nitrogens with one attached hydrogen (secondary N) is 1. The van der Waals surface area contributed by atoms with Gasteiger partial charge in [-0.3, -0.25) is 4.79 Å². The second-order valence-electron chi connectivity index (χ2n) is 4.95. The van der Waals surface area contributed by atoms with Crippen molar-refractivity contribution in [2.45, 2.75) is 37.8 Å². The Hall–Kier alpha value is -2.06. The summed E-state index contributed by atoms with van der Waals surface area (Å²) in [5, 5.41) is 21.2. The number of ether oxygens (including phenoxy) is 1. The molecule has 5 heteroatoms. The Morgan fingerprint density at radius 2 is 2.05 bits per heavy atom. The van der Waals surface area contributed by atoms with Crippen molar-refractivity contribution in [3.8, 4) is 11.8 Å². The zero-order chi connectivity index (χ0) is 14.4. The first-order valence-electron chi connectivity index (χ1n) is 6.79. The van der Waals surface area contributed by atoms with E-state index < -0.39 is 6.10 Å². The van der Waals surface area contributed by atoms with Gasteiger partial charge in [-0.2, -0.15) is 5.26 Å². The van der Waals surface area contributed by atoms with Crippen molar-refractivity contribution in [1.82, 2.24) is 5.32 Å². The quantitative estimate of drug-likeness (QED) is 0.868. The molecular formula is C15H18N2O3. The Kier molecular flexibility index (Phi) is 4.97. The molecule has 0 aromatic heterocycles. The number of hydrogen-bond donors (Lipinski definition) is 2. The van der Waals surface area contributed by atoms with Crippen LogP contribution in [-0.2, 0) is 4.79 Å². The number of nitrogens with zero attached hydrogens (tertiary/aromatic N) is 1. The summed E-state index contributed by atoms with van der Waals surface area (Å²) in [7, 11) is 0. The Morgan fingerprint density at radius 3 is 2.70 bits per heavy atom. The Morgan fingerprint density at radius 1 is 1.35 bits per heavy atom. The van der Waals surface area contributed by atoms with E-state index in [1.165, 1.54) is 0 Å². The molecule has 0 unspecified atom stereocenters. The number of rotatable bonds is 4. The van der Waals surface area contributed by atoms with E-state index in [0.717, 1.165) is 25.7 Å². The Labute approximate surface area is 118 Å². The molecule has 0 aliphatic heterocycles. The van der Waals surface area contributed by atoms with Gasteiger partial charge in [0, 0.05) is 0 Å². The molecule has 0 bridgehead atoms. The van der Waals surface area contributed by atoms with Crippen molar-refractivity contribution < 1.29 is 14.6 Å². The summed E-state index contributed by atoms with van der Waals surface area (Å²) in [5.74, 6) is 0.309. The average Bonchev–Trinajstić information content (AvgIpc) is 2.48. The molecule has 0 saturated heterocycles. The van der Waals surface area contributed by atoms with Gasteiger partial charge in [0.05, 0.1) is 23.8 Å². The minimum atomic E-state index is -0.456. The lowest BCUT2D eigenvalue weighted by molar-refractivity contribution is -0.125. The maximum Gasteiger partial charge on any atom is 0.258 e. The molecule has 0 radical (unpaired) electrons. The smallest absolute Gasteiger partial charge is 0.258 e. The summed E-state index contributed by atoms with van der Waals surface area (Å²) >= 11 is 0. The highest BCUT2D eigenvalue weighted by Crippen LogP contribution is 2.18. The van der Waals surface area contributed by atoms with Gasteiger partial charge in [-0.1, -0.05) is 12.8 Å². The normalized spacial score (nSPS) is 21.8. The van der Waals surface area contributed by atoms with Crippen LogP contribution in [0.4, 0.5) is 0 Å². The third kappa shape index (κ3) is 3.97. The third-order valence-corrected chi connectivity index (χ3v) is 3.43. The number of amides is 1. The van der Waals surface area contributed by atoms with E-state index in [2.05, 4.69) is 5.32 Å². The van der Waals surface area contributed by atoms with Gasteiger partial charge < -0.3 is 15.2 Å². The lowest BCUT2D eigenvalue weighted by Gasteiger charge is -2.28. The highest BCUT2D eigenvalue weighted by Gasteiger charge is 2.24. The molecular weight excluding hydrogens is 256 g/mol. The SMILES string of the molecule is N#Cc1ccc(OCC(=O)N[C@@H]2CCCC[C@H]2O)cc1. The summed E-state index contributed by atoms with van der Waals surface area (Å²) in [6, 6.07) is 8.43. The molecule has 2 N–H and O–H groups in total. The van der Waals surface area contributed by atoms with E-state index in [-0.39, 0.29) is 18.6 Å². The molecule has 1 aromatic carbocycles. The van der Waals surface area contributed by atoms with Gasteiger partial charge in [0.1, 0.15) is 5.75 Å². The zero-order valence-corrected chi connectivity index (χ0v) is 11.2. The molecule has 0 spiro atoms. The van der Waals surface area contributed by atoms with E-state index in [1.807, 2.05) is 6.07 Å². The van der Waals surface area contributed by atoms with Gasteiger partial charge in [0.25, 0.3) is 5.91 Å². The van der Waals surface area contributed by atoms with Crippen LogP contribution in [0.1, 0.15) is 31.2 Å². The summed E-state index contributed by atoms with van der Waals surface area (Å²) in [6.45, 7) is -0.0882. The zero-order valence-electron chi connectivity index (χ0n) is 11.2. The van der Waals surface area contributed by atoms with E-state index in [0.29, 0.717) is 11.3 Å². The number of carbonyl (C=O) groups excluding carboxylic acids is 1. The molecule has 1 saturated carbocycles. The summed E-state index contributed by atoms with van der Waals surface area (Å²) in [5.41, 5.74) is 0.548. The van der Waals surface area contributed by atoms with Crippen molar-refractivity contribution >= 4 is 5.91 Å². The summed E-state index contributed by atoms with van der Waals surface area (Å²) in [6.07, 6.45) is 3.13. The molecule has 106 valence electrons. The second kappa shape index (κ2) is 6.92. The lowest BCUT2D eigenvalue weighted by Crippen LogP contribution is -2.46. The van der Waals surface area contributed by atoms with Gasteiger partial charge in [0.2, 0.25) is 0 Å². The molecule has 20 heavy (non-hydrogen) atoms. The van der Waals surface area contributed by atoms with Crippen LogP contribution in [0.2, 0.25) is 0 Å². The van der Waals surface area contributed by atoms with Gasteiger partial charge in [-0.25, -0.2) is 0 Å². The van der Waals surface area contributed by atoms with E-state index in [4.69, 9.17) is 10.00 Å². The Bertz CT molecular complexity index is 493. The van der Waals surface area contributed by atoms with Gasteiger partial charge in [-0.15, -0.1) is 0 Å². The largest absolute Gasteiger partial charge is 0.484 e. The fourth-order valence-corrected chi connectivity index (χ4v) is 2.30. The molecule has 1 amide bonds. The van der Waals surface area contributed by atoms with Crippen molar-refractivity contribution in [3.63, 3.8) is 0 Å². The molecule has 5 nitrogen and oxygen atoms in total. The van der Waals surface area contributed by atoms with Crippen LogP contribution in [0.3, 0.4) is 0 Å². The minimum absolute atomic E-state index is 0.0882. The van der Waals surface area contributed by atoms with Gasteiger partial charge in [-0.05, 0) is 37.1 Å². The fraction of sp³-hybridized carbons (Fsp3) is 0.467. The number of carbonyl (C=O) groups is 1.